The Morgan fingerprint density at radius 3 is 1.27 bits per heavy atom. The Morgan fingerprint density at radius 1 is 0.468 bits per heavy atom. The molecule has 10 heteroatoms. The highest BCUT2D eigenvalue weighted by Crippen LogP contribution is 2.43. The summed E-state index contributed by atoms with van der Waals surface area (Å²) in [5, 5.41) is 2.99. The van der Waals surface area contributed by atoms with Crippen LogP contribution in [-0.2, 0) is 27.9 Å². The molecule has 0 rings (SSSR count). The number of allylic oxidation sites excluding steroid dienone is 23. The summed E-state index contributed by atoms with van der Waals surface area (Å²) in [5.74, 6) is -0.644. The van der Waals surface area contributed by atoms with Crippen molar-refractivity contribution in [1.82, 2.24) is 5.32 Å². The standard InChI is InChI=1S/C67H111N2O7P/c1-7-10-13-16-19-22-25-28-30-32-33-34-35-36-37-38-40-42-45-48-51-54-57-60-67(71)76-65(58-55-52-49-46-43-27-24-21-18-15-12-9-3)64(63-75-77(72,73)74-62-61-69(4,5)6)68-66(70)59-56-53-50-47-44-41-39-31-29-26-23-20-17-14-11-8-2/h10-11,13-14,19-20,22-23,28-31,33-34,36-37,40-42,44,50,53,55,58,64-65H,7-9,12,15-18,21,24-27,32,35,38-39,43,45-49,51-52,54,56-57,59-63H2,1-6H3,(H-,68,70,72,73)/p+1/b13-10-,14-11+,22-19-,23-20+,30-28-,31-29+,34-33-,37-36-,42-40-,44-41+,53-50+,58-55-. The molecule has 0 fully saturated rings. The Balaban J connectivity index is 5.42. The van der Waals surface area contributed by atoms with Crippen LogP contribution in [0.5, 0.6) is 0 Å². The van der Waals surface area contributed by atoms with Crippen LogP contribution >= 0.6 is 7.82 Å². The lowest BCUT2D eigenvalue weighted by Gasteiger charge is -2.27. The van der Waals surface area contributed by atoms with Gasteiger partial charge in [-0.2, -0.15) is 0 Å². The highest BCUT2D eigenvalue weighted by molar-refractivity contribution is 7.47. The Morgan fingerprint density at radius 2 is 0.844 bits per heavy atom. The third-order valence-electron chi connectivity index (χ3n) is 12.3. The van der Waals surface area contributed by atoms with E-state index in [0.717, 1.165) is 116 Å². The normalized spacial score (nSPS) is 14.7. The lowest BCUT2D eigenvalue weighted by Crippen LogP contribution is -2.47. The minimum atomic E-state index is -4.48. The molecule has 436 valence electrons. The zero-order valence-electron chi connectivity index (χ0n) is 49.6. The second kappa shape index (κ2) is 55.2. The molecule has 0 heterocycles. The first-order chi connectivity index (χ1) is 37.4. The molecule has 0 saturated heterocycles. The number of phosphoric acid groups is 1. The van der Waals surface area contributed by atoms with E-state index in [1.807, 2.05) is 45.4 Å². The SMILES string of the molecule is CC/C=C\C/C=C\C/C=C\C/C=C\C/C=C\C/C=C\CCCCCCC(=O)OC(/C=C\CCCCCCCCCCCC)C(COP(=O)(O)OCC[N+](C)(C)C)NC(=O)CC/C=C/C/C=C/C/C=C/C/C=C/C/C=C/CC. The van der Waals surface area contributed by atoms with Crippen molar-refractivity contribution in [3.05, 3.63) is 146 Å². The topological polar surface area (TPSA) is 111 Å². The van der Waals surface area contributed by atoms with Gasteiger partial charge < -0.3 is 19.4 Å². The summed E-state index contributed by atoms with van der Waals surface area (Å²) < 4.78 is 30.6. The smallest absolute Gasteiger partial charge is 0.456 e. The highest BCUT2D eigenvalue weighted by atomic mass is 31.2. The number of quaternary nitrogens is 1. The van der Waals surface area contributed by atoms with E-state index in [4.69, 9.17) is 13.8 Å². The molecular formula is C67H112N2O7P+. The molecule has 0 aromatic carbocycles. The third-order valence-corrected chi connectivity index (χ3v) is 13.3. The molecular weight excluding hydrogens is 976 g/mol. The Hall–Kier alpha value is -4.11. The van der Waals surface area contributed by atoms with Gasteiger partial charge in [-0.25, -0.2) is 4.57 Å². The molecule has 3 atom stereocenters. The van der Waals surface area contributed by atoms with E-state index in [-0.39, 0.29) is 37.9 Å². The third kappa shape index (κ3) is 56.4. The summed E-state index contributed by atoms with van der Waals surface area (Å²) in [6.45, 7) is 6.67. The Kier molecular flexibility index (Phi) is 52.3. The van der Waals surface area contributed by atoms with Crippen molar-refractivity contribution < 1.29 is 37.3 Å². The summed E-state index contributed by atoms with van der Waals surface area (Å²) in [4.78, 5) is 37.6. The number of ether oxygens (including phenoxy) is 1. The van der Waals surface area contributed by atoms with Crippen molar-refractivity contribution >= 4 is 19.7 Å². The maximum absolute atomic E-state index is 13.5. The van der Waals surface area contributed by atoms with E-state index < -0.39 is 20.0 Å². The first-order valence-electron chi connectivity index (χ1n) is 30.2. The summed E-state index contributed by atoms with van der Waals surface area (Å²) in [7, 11) is 1.41. The van der Waals surface area contributed by atoms with Crippen LogP contribution in [0.15, 0.2) is 146 Å². The van der Waals surface area contributed by atoms with Gasteiger partial charge in [0.25, 0.3) is 0 Å². The lowest BCUT2D eigenvalue weighted by molar-refractivity contribution is -0.870. The predicted octanol–water partition coefficient (Wildman–Crippen LogP) is 18.7. The maximum Gasteiger partial charge on any atom is 0.472 e. The fourth-order valence-electron chi connectivity index (χ4n) is 7.69. The number of hydrogen-bond donors (Lipinski definition) is 2. The Bertz CT molecular complexity index is 1830. The summed E-state index contributed by atoms with van der Waals surface area (Å²) >= 11 is 0. The van der Waals surface area contributed by atoms with Crippen molar-refractivity contribution in [2.24, 2.45) is 0 Å². The molecule has 77 heavy (non-hydrogen) atoms. The van der Waals surface area contributed by atoms with E-state index >= 15 is 0 Å². The van der Waals surface area contributed by atoms with Gasteiger partial charge in [0.15, 0.2) is 0 Å². The van der Waals surface area contributed by atoms with Crippen LogP contribution in [0.2, 0.25) is 0 Å². The van der Waals surface area contributed by atoms with Crippen LogP contribution in [0.3, 0.4) is 0 Å². The van der Waals surface area contributed by atoms with Crippen molar-refractivity contribution in [3.8, 4) is 0 Å². The molecule has 0 saturated carbocycles. The van der Waals surface area contributed by atoms with Gasteiger partial charge in [-0.3, -0.25) is 18.6 Å². The van der Waals surface area contributed by atoms with Crippen LogP contribution in [0.25, 0.3) is 0 Å². The summed E-state index contributed by atoms with van der Waals surface area (Å²) in [6, 6.07) is -0.910. The molecule has 0 bridgehead atoms. The summed E-state index contributed by atoms with van der Waals surface area (Å²) in [6.07, 6.45) is 80.1. The molecule has 0 aromatic rings. The van der Waals surface area contributed by atoms with Gasteiger partial charge in [0.1, 0.15) is 19.3 Å². The van der Waals surface area contributed by atoms with E-state index in [9.17, 15) is 19.0 Å². The number of likely N-dealkylation sites (N-methyl/N-ethyl adjacent to an activating group) is 1. The number of amides is 1. The van der Waals surface area contributed by atoms with Gasteiger partial charge >= 0.3 is 13.8 Å². The number of rotatable bonds is 52. The molecule has 0 aromatic heterocycles. The van der Waals surface area contributed by atoms with E-state index in [2.05, 4.69) is 148 Å². The number of carbonyl (C=O) groups is 2. The molecule has 0 radical (unpaired) electrons. The van der Waals surface area contributed by atoms with Gasteiger partial charge in [-0.05, 0) is 115 Å². The maximum atomic E-state index is 13.5. The van der Waals surface area contributed by atoms with Crippen molar-refractivity contribution in [3.63, 3.8) is 0 Å². The highest BCUT2D eigenvalue weighted by Gasteiger charge is 2.30. The van der Waals surface area contributed by atoms with Gasteiger partial charge in [0.2, 0.25) is 5.91 Å². The Labute approximate surface area is 472 Å². The monoisotopic (exact) mass is 1090 g/mol. The van der Waals surface area contributed by atoms with Crippen LogP contribution in [0.1, 0.15) is 213 Å². The van der Waals surface area contributed by atoms with E-state index in [1.54, 1.807) is 0 Å². The lowest BCUT2D eigenvalue weighted by atomic mass is 10.1. The quantitative estimate of drug-likeness (QED) is 0.0205. The van der Waals surface area contributed by atoms with Gasteiger partial charge in [0.05, 0.1) is 33.8 Å². The number of nitrogens with one attached hydrogen (secondary N) is 1. The van der Waals surface area contributed by atoms with Gasteiger partial charge in [-0.15, -0.1) is 0 Å². The second-order valence-corrected chi connectivity index (χ2v) is 22.2. The molecule has 0 aliphatic carbocycles. The van der Waals surface area contributed by atoms with Crippen LogP contribution in [-0.4, -0.2) is 74.3 Å². The zero-order chi connectivity index (χ0) is 56.4. The fourth-order valence-corrected chi connectivity index (χ4v) is 8.43. The summed E-state index contributed by atoms with van der Waals surface area (Å²) in [5.41, 5.74) is 0. The average molecular weight is 1090 g/mol. The number of hydrogen-bond acceptors (Lipinski definition) is 6. The largest absolute Gasteiger partial charge is 0.472 e. The number of nitrogens with zero attached hydrogens (tertiary/aromatic N) is 1. The number of phosphoric ester groups is 1. The van der Waals surface area contributed by atoms with Crippen LogP contribution in [0, 0.1) is 0 Å². The molecule has 2 N–H and O–H groups in total. The number of esters is 1. The minimum absolute atomic E-state index is 0.0140. The second-order valence-electron chi connectivity index (χ2n) is 20.8. The molecule has 0 aliphatic heterocycles. The van der Waals surface area contributed by atoms with Crippen LogP contribution < -0.4 is 5.32 Å². The first-order valence-corrected chi connectivity index (χ1v) is 31.7. The minimum Gasteiger partial charge on any atom is -0.456 e. The molecule has 3 unspecified atom stereocenters. The molecule has 1 amide bonds. The zero-order valence-corrected chi connectivity index (χ0v) is 50.5. The molecule has 9 nitrogen and oxygen atoms in total. The number of carbonyl (C=O) groups excluding carboxylic acids is 2. The fraction of sp³-hybridized carbons (Fsp3) is 0.612. The van der Waals surface area contributed by atoms with Crippen molar-refractivity contribution in [1.29, 1.82) is 0 Å². The van der Waals surface area contributed by atoms with Crippen molar-refractivity contribution in [2.75, 3.05) is 40.9 Å². The average Bonchev–Trinajstić information content (AvgIpc) is 3.39. The number of unbranched alkanes of at least 4 members (excludes halogenated alkanes) is 14. The van der Waals surface area contributed by atoms with E-state index in [0.29, 0.717) is 23.9 Å². The molecule has 0 aliphatic rings. The predicted molar refractivity (Wildman–Crippen MR) is 332 cm³/mol. The van der Waals surface area contributed by atoms with Crippen LogP contribution in [0.4, 0.5) is 0 Å². The first kappa shape index (κ1) is 72.9. The van der Waals surface area contributed by atoms with Gasteiger partial charge in [0, 0.05) is 12.8 Å². The van der Waals surface area contributed by atoms with E-state index in [1.165, 1.54) is 51.4 Å². The molecule has 0 spiro atoms. The van der Waals surface area contributed by atoms with Gasteiger partial charge in [-0.1, -0.05) is 231 Å². The van der Waals surface area contributed by atoms with Crippen molar-refractivity contribution in [2.45, 2.75) is 226 Å².